The molecule has 1 aliphatic heterocycles. The van der Waals surface area contributed by atoms with Gasteiger partial charge >= 0.3 is 0 Å². The lowest BCUT2D eigenvalue weighted by molar-refractivity contribution is -0.138. The maximum Gasteiger partial charge on any atom is 0.163 e. The highest BCUT2D eigenvalue weighted by molar-refractivity contribution is 6.01. The van der Waals surface area contributed by atoms with Gasteiger partial charge < -0.3 is 5.32 Å². The molecule has 0 saturated heterocycles. The predicted octanol–water partition coefficient (Wildman–Crippen LogP) is 5.05. The van der Waals surface area contributed by atoms with Crippen molar-refractivity contribution in [2.75, 3.05) is 0 Å². The third-order valence-electron chi connectivity index (χ3n) is 7.49. The number of rotatable bonds is 2. The summed E-state index contributed by atoms with van der Waals surface area (Å²) in [5.74, 6) is 2.85. The lowest BCUT2D eigenvalue weighted by Crippen LogP contribution is -2.50. The van der Waals surface area contributed by atoms with E-state index in [-0.39, 0.29) is 11.0 Å². The van der Waals surface area contributed by atoms with E-state index in [2.05, 4.69) is 44.3 Å². The van der Waals surface area contributed by atoms with Gasteiger partial charge in [-0.05, 0) is 89.0 Å². The van der Waals surface area contributed by atoms with Gasteiger partial charge in [0.2, 0.25) is 0 Å². The van der Waals surface area contributed by atoms with E-state index in [1.54, 1.807) is 0 Å². The molecule has 5 aliphatic rings. The van der Waals surface area contributed by atoms with E-state index in [9.17, 15) is 4.79 Å². The SMILES string of the molecule is Cc1ccc2c(c1)CC(C)(C)N/C2=C\C(=O)C12CC3CC(CC(C3)C1)C2. The lowest BCUT2D eigenvalue weighted by atomic mass is 9.48. The maximum atomic E-state index is 13.5. The first kappa shape index (κ1) is 16.6. The lowest BCUT2D eigenvalue weighted by Gasteiger charge is -2.55. The smallest absolute Gasteiger partial charge is 0.163 e. The molecule has 4 bridgehead atoms. The number of nitrogens with one attached hydrogen (secondary N) is 1. The molecule has 1 N–H and O–H groups in total. The fourth-order valence-electron chi connectivity index (χ4n) is 6.89. The molecule has 4 aliphatic carbocycles. The average Bonchev–Trinajstić information content (AvgIpc) is 2.51. The number of aryl methyl sites for hydroxylation is 1. The van der Waals surface area contributed by atoms with Crippen LogP contribution in [0.25, 0.3) is 5.70 Å². The molecule has 138 valence electrons. The summed E-state index contributed by atoms with van der Waals surface area (Å²) in [6.45, 7) is 6.63. The van der Waals surface area contributed by atoms with Crippen LogP contribution in [0.3, 0.4) is 0 Å². The normalized spacial score (nSPS) is 38.1. The topological polar surface area (TPSA) is 29.1 Å². The number of fused-ring (bicyclic) bond motifs is 1. The summed E-state index contributed by atoms with van der Waals surface area (Å²) >= 11 is 0. The highest BCUT2D eigenvalue weighted by Gasteiger charge is 2.53. The van der Waals surface area contributed by atoms with Gasteiger partial charge in [0, 0.05) is 28.3 Å². The van der Waals surface area contributed by atoms with E-state index in [0.29, 0.717) is 5.78 Å². The van der Waals surface area contributed by atoms with E-state index in [1.165, 1.54) is 36.0 Å². The monoisotopic (exact) mass is 349 g/mol. The molecular weight excluding hydrogens is 318 g/mol. The maximum absolute atomic E-state index is 13.5. The van der Waals surface area contributed by atoms with Crippen LogP contribution in [-0.4, -0.2) is 11.3 Å². The van der Waals surface area contributed by atoms with Crippen molar-refractivity contribution in [1.29, 1.82) is 0 Å². The van der Waals surface area contributed by atoms with Gasteiger partial charge in [0.1, 0.15) is 0 Å². The van der Waals surface area contributed by atoms with E-state index in [4.69, 9.17) is 0 Å². The van der Waals surface area contributed by atoms with Gasteiger partial charge in [-0.25, -0.2) is 0 Å². The van der Waals surface area contributed by atoms with Crippen molar-refractivity contribution in [2.24, 2.45) is 23.2 Å². The number of ketones is 1. The Kier molecular flexibility index (Phi) is 3.49. The molecule has 1 aromatic carbocycles. The Morgan fingerprint density at radius 1 is 1.08 bits per heavy atom. The van der Waals surface area contributed by atoms with Crippen molar-refractivity contribution in [2.45, 2.75) is 71.3 Å². The van der Waals surface area contributed by atoms with Gasteiger partial charge in [-0.15, -0.1) is 0 Å². The van der Waals surface area contributed by atoms with Crippen molar-refractivity contribution in [1.82, 2.24) is 5.32 Å². The van der Waals surface area contributed by atoms with Crippen molar-refractivity contribution in [3.63, 3.8) is 0 Å². The van der Waals surface area contributed by atoms with Crippen molar-refractivity contribution < 1.29 is 4.79 Å². The average molecular weight is 350 g/mol. The Balaban J connectivity index is 1.51. The third kappa shape index (κ3) is 2.64. The zero-order valence-corrected chi connectivity index (χ0v) is 16.4. The van der Waals surface area contributed by atoms with Crippen molar-refractivity contribution in [3.05, 3.63) is 41.0 Å². The Bertz CT molecular complexity index is 765. The van der Waals surface area contributed by atoms with E-state index >= 15 is 0 Å². The van der Waals surface area contributed by atoms with Gasteiger partial charge in [-0.2, -0.15) is 0 Å². The summed E-state index contributed by atoms with van der Waals surface area (Å²) in [5, 5.41) is 3.67. The van der Waals surface area contributed by atoms with Crippen LogP contribution < -0.4 is 5.32 Å². The zero-order valence-electron chi connectivity index (χ0n) is 16.4. The van der Waals surface area contributed by atoms with Crippen LogP contribution in [0.1, 0.15) is 69.1 Å². The number of carbonyl (C=O) groups is 1. The number of hydrogen-bond donors (Lipinski definition) is 1. The number of hydrogen-bond acceptors (Lipinski definition) is 2. The van der Waals surface area contributed by atoms with Gasteiger partial charge in [0.05, 0.1) is 0 Å². The Labute approximate surface area is 157 Å². The van der Waals surface area contributed by atoms with Crippen molar-refractivity contribution in [3.8, 4) is 0 Å². The second kappa shape index (κ2) is 5.47. The highest BCUT2D eigenvalue weighted by Crippen LogP contribution is 2.60. The minimum absolute atomic E-state index is 0.00558. The quantitative estimate of drug-likeness (QED) is 0.757. The molecule has 2 nitrogen and oxygen atoms in total. The minimum atomic E-state index is -0.0458. The minimum Gasteiger partial charge on any atom is -0.379 e. The van der Waals surface area contributed by atoms with Crippen LogP contribution in [-0.2, 0) is 11.2 Å². The van der Waals surface area contributed by atoms with Gasteiger partial charge in [-0.1, -0.05) is 23.8 Å². The summed E-state index contributed by atoms with van der Waals surface area (Å²) in [7, 11) is 0. The predicted molar refractivity (Wildman–Crippen MR) is 106 cm³/mol. The molecule has 4 fully saturated rings. The van der Waals surface area contributed by atoms with Crippen LogP contribution in [0.15, 0.2) is 24.3 Å². The Morgan fingerprint density at radius 2 is 1.69 bits per heavy atom. The van der Waals surface area contributed by atoms with Gasteiger partial charge in [-0.3, -0.25) is 4.79 Å². The standard InChI is InChI=1S/C24H31NO/c1-15-4-5-20-19(6-15)14-23(2,3)25-21(20)10-22(26)24-11-16-7-17(12-24)9-18(8-16)13-24/h4-6,10,16-18,25H,7-9,11-14H2,1-3H3/b21-10-. The molecule has 0 aromatic heterocycles. The van der Waals surface area contributed by atoms with E-state index in [1.807, 2.05) is 6.08 Å². The molecule has 6 rings (SSSR count). The fraction of sp³-hybridized carbons (Fsp3) is 0.625. The molecule has 0 amide bonds. The summed E-state index contributed by atoms with van der Waals surface area (Å²) in [5.41, 5.74) is 4.90. The van der Waals surface area contributed by atoms with Crippen molar-refractivity contribution >= 4 is 11.5 Å². The molecule has 0 unspecified atom stereocenters. The molecule has 1 aromatic rings. The molecule has 1 heterocycles. The van der Waals surface area contributed by atoms with Crippen LogP contribution in [0.2, 0.25) is 0 Å². The first-order valence-corrected chi connectivity index (χ1v) is 10.5. The summed E-state index contributed by atoms with van der Waals surface area (Å²) in [6.07, 6.45) is 10.6. The van der Waals surface area contributed by atoms with E-state index < -0.39 is 0 Å². The van der Waals surface area contributed by atoms with Crippen LogP contribution in [0.4, 0.5) is 0 Å². The largest absolute Gasteiger partial charge is 0.379 e. The van der Waals surface area contributed by atoms with E-state index in [0.717, 1.165) is 49.1 Å². The Hall–Kier alpha value is -1.57. The third-order valence-corrected chi connectivity index (χ3v) is 7.49. The summed E-state index contributed by atoms with van der Waals surface area (Å²) < 4.78 is 0. The number of allylic oxidation sites excluding steroid dienone is 1. The zero-order chi connectivity index (χ0) is 18.1. The number of carbonyl (C=O) groups excluding carboxylic acids is 1. The van der Waals surface area contributed by atoms with Crippen LogP contribution in [0.5, 0.6) is 0 Å². The molecule has 4 saturated carbocycles. The number of benzene rings is 1. The van der Waals surface area contributed by atoms with Crippen LogP contribution >= 0.6 is 0 Å². The second-order valence-corrected chi connectivity index (χ2v) is 10.5. The molecule has 26 heavy (non-hydrogen) atoms. The molecule has 2 heteroatoms. The summed E-state index contributed by atoms with van der Waals surface area (Å²) in [6, 6.07) is 6.66. The molecular formula is C24H31NO. The van der Waals surface area contributed by atoms with Crippen LogP contribution in [0, 0.1) is 30.1 Å². The Morgan fingerprint density at radius 3 is 2.31 bits per heavy atom. The molecule has 0 radical (unpaired) electrons. The van der Waals surface area contributed by atoms with Gasteiger partial charge in [0.15, 0.2) is 5.78 Å². The first-order valence-electron chi connectivity index (χ1n) is 10.5. The van der Waals surface area contributed by atoms with Gasteiger partial charge in [0.25, 0.3) is 0 Å². The summed E-state index contributed by atoms with van der Waals surface area (Å²) in [4.78, 5) is 13.5. The second-order valence-electron chi connectivity index (χ2n) is 10.5. The molecule has 0 spiro atoms. The highest BCUT2D eigenvalue weighted by atomic mass is 16.1. The first-order chi connectivity index (χ1) is 12.3. The fourth-order valence-corrected chi connectivity index (χ4v) is 6.89. The molecule has 0 atom stereocenters.